The van der Waals surface area contributed by atoms with Crippen molar-refractivity contribution in [3.05, 3.63) is 30.5 Å². The number of fused-ring (bicyclic) bond motifs is 1. The summed E-state index contributed by atoms with van der Waals surface area (Å²) in [5, 5.41) is 18.8. The van der Waals surface area contributed by atoms with Gasteiger partial charge < -0.3 is 15.7 Å². The maximum atomic E-state index is 9.69. The summed E-state index contributed by atoms with van der Waals surface area (Å²) >= 11 is 0. The highest BCUT2D eigenvalue weighted by atomic mass is 16.3. The van der Waals surface area contributed by atoms with Gasteiger partial charge in [0.2, 0.25) is 0 Å². The summed E-state index contributed by atoms with van der Waals surface area (Å²) in [6.07, 6.45) is 4.29. The van der Waals surface area contributed by atoms with Gasteiger partial charge in [-0.2, -0.15) is 0 Å². The molecule has 2 heterocycles. The van der Waals surface area contributed by atoms with Crippen molar-refractivity contribution in [2.45, 2.75) is 32.7 Å². The molecular weight excluding hydrogens is 262 g/mol. The van der Waals surface area contributed by atoms with E-state index in [-0.39, 0.29) is 11.2 Å². The largest absolute Gasteiger partial charge is 0.508 e. The highest BCUT2D eigenvalue weighted by Crippen LogP contribution is 2.31. The molecule has 1 saturated heterocycles. The van der Waals surface area contributed by atoms with Crippen LogP contribution in [0.1, 0.15) is 26.7 Å². The van der Waals surface area contributed by atoms with Gasteiger partial charge >= 0.3 is 0 Å². The molecule has 2 aromatic rings. The van der Waals surface area contributed by atoms with Crippen LogP contribution < -0.4 is 10.6 Å². The van der Waals surface area contributed by atoms with Gasteiger partial charge in [-0.3, -0.25) is 0 Å². The van der Waals surface area contributed by atoms with Gasteiger partial charge in [-0.25, -0.2) is 4.98 Å². The van der Waals surface area contributed by atoms with E-state index < -0.39 is 0 Å². The van der Waals surface area contributed by atoms with E-state index in [2.05, 4.69) is 29.5 Å². The Morgan fingerprint density at radius 1 is 1.38 bits per heavy atom. The SMILES string of the molecule is CC1(C)CCCNC1CNc1nccc2ccc(O)cc12. The van der Waals surface area contributed by atoms with Gasteiger partial charge in [0.05, 0.1) is 0 Å². The lowest BCUT2D eigenvalue weighted by molar-refractivity contribution is 0.188. The second kappa shape index (κ2) is 5.53. The lowest BCUT2D eigenvalue weighted by Gasteiger charge is -2.39. The summed E-state index contributed by atoms with van der Waals surface area (Å²) in [6.45, 7) is 6.55. The minimum atomic E-state index is 0.273. The molecular formula is C17H23N3O. The van der Waals surface area contributed by atoms with Crippen molar-refractivity contribution in [1.29, 1.82) is 0 Å². The summed E-state index contributed by atoms with van der Waals surface area (Å²) in [5.74, 6) is 1.11. The quantitative estimate of drug-likeness (QED) is 0.811. The Morgan fingerprint density at radius 2 is 2.24 bits per heavy atom. The molecule has 1 atom stereocenters. The van der Waals surface area contributed by atoms with Crippen LogP contribution in [-0.4, -0.2) is 29.2 Å². The molecule has 21 heavy (non-hydrogen) atoms. The monoisotopic (exact) mass is 285 g/mol. The van der Waals surface area contributed by atoms with Gasteiger partial charge in [-0.15, -0.1) is 0 Å². The molecule has 0 spiro atoms. The van der Waals surface area contributed by atoms with Crippen molar-refractivity contribution in [3.8, 4) is 5.75 Å². The zero-order valence-corrected chi connectivity index (χ0v) is 12.7. The van der Waals surface area contributed by atoms with Gasteiger partial charge in [-0.05, 0) is 48.4 Å². The molecule has 0 saturated carbocycles. The molecule has 1 aliphatic rings. The number of anilines is 1. The second-order valence-electron chi connectivity index (χ2n) is 6.54. The molecule has 1 aliphatic heterocycles. The standard InChI is InChI=1S/C17H23N3O/c1-17(2)7-3-8-18-15(17)11-20-16-14-10-13(21)5-4-12(14)6-9-19-16/h4-6,9-10,15,18,21H,3,7-8,11H2,1-2H3,(H,19,20). The Kier molecular flexibility index (Phi) is 3.72. The number of aromatic hydroxyl groups is 1. The van der Waals surface area contributed by atoms with E-state index >= 15 is 0 Å². The third kappa shape index (κ3) is 2.95. The maximum absolute atomic E-state index is 9.69. The molecule has 0 bridgehead atoms. The molecule has 4 heteroatoms. The first-order valence-corrected chi connectivity index (χ1v) is 7.61. The van der Waals surface area contributed by atoms with E-state index in [1.54, 1.807) is 18.3 Å². The van der Waals surface area contributed by atoms with E-state index in [4.69, 9.17) is 0 Å². The number of nitrogens with one attached hydrogen (secondary N) is 2. The van der Waals surface area contributed by atoms with Crippen LogP contribution in [0.25, 0.3) is 10.8 Å². The number of rotatable bonds is 3. The molecule has 1 aromatic heterocycles. The fraction of sp³-hybridized carbons (Fsp3) is 0.471. The van der Waals surface area contributed by atoms with Gasteiger partial charge in [0.1, 0.15) is 11.6 Å². The normalized spacial score (nSPS) is 21.3. The van der Waals surface area contributed by atoms with Gasteiger partial charge in [0.25, 0.3) is 0 Å². The maximum Gasteiger partial charge on any atom is 0.134 e. The molecule has 4 nitrogen and oxygen atoms in total. The molecule has 3 N–H and O–H groups in total. The second-order valence-corrected chi connectivity index (χ2v) is 6.54. The first-order valence-electron chi connectivity index (χ1n) is 7.61. The Balaban J connectivity index is 1.80. The van der Waals surface area contributed by atoms with E-state index in [9.17, 15) is 5.11 Å². The number of hydrogen-bond donors (Lipinski definition) is 3. The number of nitrogens with zero attached hydrogens (tertiary/aromatic N) is 1. The van der Waals surface area contributed by atoms with Gasteiger partial charge in [0, 0.05) is 24.2 Å². The van der Waals surface area contributed by atoms with Gasteiger partial charge in [-0.1, -0.05) is 19.9 Å². The average molecular weight is 285 g/mol. The summed E-state index contributed by atoms with van der Waals surface area (Å²) in [6, 6.07) is 7.78. The van der Waals surface area contributed by atoms with Gasteiger partial charge in [0.15, 0.2) is 0 Å². The average Bonchev–Trinajstić information content (AvgIpc) is 2.46. The van der Waals surface area contributed by atoms with E-state index in [0.717, 1.165) is 29.7 Å². The van der Waals surface area contributed by atoms with Crippen LogP contribution in [-0.2, 0) is 0 Å². The molecule has 3 rings (SSSR count). The van der Waals surface area contributed by atoms with E-state index in [1.165, 1.54) is 12.8 Å². The number of hydrogen-bond acceptors (Lipinski definition) is 4. The summed E-state index contributed by atoms with van der Waals surface area (Å²) < 4.78 is 0. The van der Waals surface area contributed by atoms with Crippen molar-refractivity contribution in [1.82, 2.24) is 10.3 Å². The van der Waals surface area contributed by atoms with Crippen LogP contribution in [0.3, 0.4) is 0 Å². The zero-order chi connectivity index (χ0) is 14.9. The van der Waals surface area contributed by atoms with Crippen molar-refractivity contribution < 1.29 is 5.11 Å². The number of piperidine rings is 1. The summed E-state index contributed by atoms with van der Waals surface area (Å²) in [5.41, 5.74) is 0.290. The Bertz CT molecular complexity index is 639. The van der Waals surface area contributed by atoms with Crippen LogP contribution >= 0.6 is 0 Å². The van der Waals surface area contributed by atoms with Crippen molar-refractivity contribution in [2.75, 3.05) is 18.4 Å². The van der Waals surface area contributed by atoms with Crippen LogP contribution in [0.4, 0.5) is 5.82 Å². The first-order chi connectivity index (χ1) is 10.1. The Labute approximate surface area is 125 Å². The van der Waals surface area contributed by atoms with Crippen LogP contribution in [0, 0.1) is 5.41 Å². The Hall–Kier alpha value is -1.81. The van der Waals surface area contributed by atoms with E-state index in [1.807, 2.05) is 12.1 Å². The third-order valence-electron chi connectivity index (χ3n) is 4.56. The summed E-state index contributed by atoms with van der Waals surface area (Å²) in [7, 11) is 0. The summed E-state index contributed by atoms with van der Waals surface area (Å²) in [4.78, 5) is 4.43. The number of benzene rings is 1. The zero-order valence-electron chi connectivity index (χ0n) is 12.7. The lowest BCUT2D eigenvalue weighted by Crippen LogP contribution is -2.50. The number of pyridine rings is 1. The highest BCUT2D eigenvalue weighted by molar-refractivity contribution is 5.92. The van der Waals surface area contributed by atoms with Crippen LogP contribution in [0.5, 0.6) is 5.75 Å². The van der Waals surface area contributed by atoms with Crippen molar-refractivity contribution >= 4 is 16.6 Å². The molecule has 112 valence electrons. The minimum Gasteiger partial charge on any atom is -0.508 e. The topological polar surface area (TPSA) is 57.2 Å². The smallest absolute Gasteiger partial charge is 0.134 e. The molecule has 1 fully saturated rings. The Morgan fingerprint density at radius 3 is 3.05 bits per heavy atom. The molecule has 0 radical (unpaired) electrons. The van der Waals surface area contributed by atoms with Crippen LogP contribution in [0.2, 0.25) is 0 Å². The number of phenolic OH excluding ortho intramolecular Hbond substituents is 1. The fourth-order valence-corrected chi connectivity index (χ4v) is 3.12. The molecule has 0 amide bonds. The van der Waals surface area contributed by atoms with Crippen LogP contribution in [0.15, 0.2) is 30.5 Å². The minimum absolute atomic E-state index is 0.273. The molecule has 0 aliphatic carbocycles. The number of phenols is 1. The fourth-order valence-electron chi connectivity index (χ4n) is 3.12. The lowest BCUT2D eigenvalue weighted by atomic mass is 9.77. The predicted octanol–water partition coefficient (Wildman–Crippen LogP) is 3.13. The molecule has 1 unspecified atom stereocenters. The molecule has 1 aromatic carbocycles. The third-order valence-corrected chi connectivity index (χ3v) is 4.56. The number of aromatic nitrogens is 1. The van der Waals surface area contributed by atoms with Crippen molar-refractivity contribution in [2.24, 2.45) is 5.41 Å². The predicted molar refractivity (Wildman–Crippen MR) is 86.7 cm³/mol. The first kappa shape index (κ1) is 14.1. The highest BCUT2D eigenvalue weighted by Gasteiger charge is 2.31. The van der Waals surface area contributed by atoms with E-state index in [0.29, 0.717) is 6.04 Å². The van der Waals surface area contributed by atoms with Crippen molar-refractivity contribution in [3.63, 3.8) is 0 Å².